The van der Waals surface area contributed by atoms with Gasteiger partial charge >= 0.3 is 12.0 Å². The number of ether oxygens (including phenoxy) is 1. The molecule has 2 atom stereocenters. The number of amides is 3. The number of rotatable bonds is 12. The third-order valence-corrected chi connectivity index (χ3v) is 7.22. The quantitative estimate of drug-likeness (QED) is 0.297. The van der Waals surface area contributed by atoms with Crippen LogP contribution in [0.25, 0.3) is 0 Å². The summed E-state index contributed by atoms with van der Waals surface area (Å²) in [5, 5.41) is 8.62. The Hall–Kier alpha value is -2.91. The number of hydrogen-bond donors (Lipinski definition) is 3. The second kappa shape index (κ2) is 14.9. The number of aryl methyl sites for hydroxylation is 1. The predicted octanol–water partition coefficient (Wildman–Crippen LogP) is 5.19. The van der Waals surface area contributed by atoms with E-state index in [9.17, 15) is 14.4 Å². The fourth-order valence-corrected chi connectivity index (χ4v) is 5.13. The molecule has 9 heteroatoms. The number of nitrogens with one attached hydrogen (secondary N) is 3. The van der Waals surface area contributed by atoms with Gasteiger partial charge in [0, 0.05) is 35.2 Å². The zero-order valence-corrected chi connectivity index (χ0v) is 24.1. The van der Waals surface area contributed by atoms with E-state index in [1.54, 1.807) is 12.1 Å². The molecule has 0 fully saturated rings. The highest BCUT2D eigenvalue weighted by molar-refractivity contribution is 9.10. The van der Waals surface area contributed by atoms with E-state index >= 15 is 0 Å². The number of nitrogens with zero attached hydrogens (tertiary/aromatic N) is 1. The summed E-state index contributed by atoms with van der Waals surface area (Å²) in [7, 11) is 1.40. The summed E-state index contributed by atoms with van der Waals surface area (Å²) in [6.45, 7) is 5.08. The van der Waals surface area contributed by atoms with Crippen LogP contribution in [0, 0.1) is 0 Å². The molecule has 0 radical (unpaired) electrons. The van der Waals surface area contributed by atoms with Gasteiger partial charge in [-0.05, 0) is 87.9 Å². The first-order chi connectivity index (χ1) is 18.3. The van der Waals surface area contributed by atoms with Crippen LogP contribution in [-0.2, 0) is 20.7 Å². The number of fused-ring (bicyclic) bond motifs is 1. The van der Waals surface area contributed by atoms with Crippen LogP contribution in [0.3, 0.4) is 0 Å². The van der Waals surface area contributed by atoms with Crippen molar-refractivity contribution in [2.75, 3.05) is 25.5 Å². The average molecular weight is 588 g/mol. The Kier molecular flexibility index (Phi) is 11.6. The fourth-order valence-electron chi connectivity index (χ4n) is 4.87. The van der Waals surface area contributed by atoms with Crippen molar-refractivity contribution < 1.29 is 19.1 Å². The SMILES string of the molecule is COC(=O)CCCN(CC[C@@H](NC(=O)Nc1ccc(Br)cc1)C(=O)NC(C)C)C1CCCc2ccccc21. The van der Waals surface area contributed by atoms with E-state index in [0.717, 1.165) is 23.7 Å². The molecule has 206 valence electrons. The Bertz CT molecular complexity index is 1080. The molecule has 1 aliphatic rings. The molecular weight excluding hydrogens is 548 g/mol. The van der Waals surface area contributed by atoms with Gasteiger partial charge in [-0.15, -0.1) is 0 Å². The number of esters is 1. The molecule has 0 aliphatic heterocycles. The van der Waals surface area contributed by atoms with Crippen molar-refractivity contribution >= 4 is 39.5 Å². The molecule has 2 aromatic rings. The number of urea groups is 1. The van der Waals surface area contributed by atoms with Crippen molar-refractivity contribution in [1.29, 1.82) is 0 Å². The van der Waals surface area contributed by atoms with Crippen molar-refractivity contribution in [3.63, 3.8) is 0 Å². The molecule has 1 unspecified atom stereocenters. The third-order valence-electron chi connectivity index (χ3n) is 6.69. The van der Waals surface area contributed by atoms with Gasteiger partial charge in [0.05, 0.1) is 7.11 Å². The minimum Gasteiger partial charge on any atom is -0.469 e. The monoisotopic (exact) mass is 586 g/mol. The van der Waals surface area contributed by atoms with Crippen LogP contribution in [0.1, 0.15) is 63.1 Å². The van der Waals surface area contributed by atoms with Gasteiger partial charge in [-0.3, -0.25) is 14.5 Å². The van der Waals surface area contributed by atoms with Gasteiger partial charge in [-0.2, -0.15) is 0 Å². The van der Waals surface area contributed by atoms with Crippen LogP contribution in [-0.4, -0.2) is 55.1 Å². The van der Waals surface area contributed by atoms with Crippen molar-refractivity contribution in [3.8, 4) is 0 Å². The smallest absolute Gasteiger partial charge is 0.319 e. The maximum atomic E-state index is 13.1. The molecule has 0 saturated carbocycles. The summed E-state index contributed by atoms with van der Waals surface area (Å²) in [5.74, 6) is -0.445. The molecule has 0 aromatic heterocycles. The molecule has 2 aromatic carbocycles. The average Bonchev–Trinajstić information content (AvgIpc) is 2.90. The molecule has 3 rings (SSSR count). The van der Waals surface area contributed by atoms with Crippen LogP contribution in [0.4, 0.5) is 10.5 Å². The van der Waals surface area contributed by atoms with E-state index in [4.69, 9.17) is 4.74 Å². The number of methoxy groups -OCH3 is 1. The number of carbonyl (C=O) groups excluding carboxylic acids is 3. The highest BCUT2D eigenvalue weighted by atomic mass is 79.9. The zero-order valence-electron chi connectivity index (χ0n) is 22.5. The Balaban J connectivity index is 1.73. The standard InChI is InChI=1S/C29H39BrN4O4/c1-20(2)31-28(36)25(33-29(37)32-23-15-13-22(30)14-16-23)17-19-34(18-7-12-27(35)38-3)26-11-6-9-21-8-4-5-10-24(21)26/h4-5,8,10,13-16,20,25-26H,6-7,9,11-12,17-19H2,1-3H3,(H,31,36)(H2,32,33,37)/t25-,26?/m1/s1. The van der Waals surface area contributed by atoms with Gasteiger partial charge < -0.3 is 20.7 Å². The van der Waals surface area contributed by atoms with E-state index in [0.29, 0.717) is 38.0 Å². The van der Waals surface area contributed by atoms with Gasteiger partial charge in [0.2, 0.25) is 5.91 Å². The Morgan fingerprint density at radius 3 is 2.50 bits per heavy atom. The minimum atomic E-state index is -0.713. The normalized spacial score (nSPS) is 15.5. The van der Waals surface area contributed by atoms with E-state index in [1.165, 1.54) is 18.2 Å². The van der Waals surface area contributed by atoms with Crippen molar-refractivity contribution in [2.24, 2.45) is 0 Å². The molecule has 0 bridgehead atoms. The van der Waals surface area contributed by atoms with Crippen LogP contribution in [0.15, 0.2) is 53.0 Å². The summed E-state index contributed by atoms with van der Waals surface area (Å²) in [4.78, 5) is 40.0. The first-order valence-corrected chi connectivity index (χ1v) is 14.1. The van der Waals surface area contributed by atoms with Crippen LogP contribution < -0.4 is 16.0 Å². The summed E-state index contributed by atoms with van der Waals surface area (Å²) in [6.07, 6.45) is 4.58. The van der Waals surface area contributed by atoms with Crippen LogP contribution in [0.5, 0.6) is 0 Å². The van der Waals surface area contributed by atoms with Crippen LogP contribution in [0.2, 0.25) is 0 Å². The summed E-state index contributed by atoms with van der Waals surface area (Å²) < 4.78 is 5.74. The number of hydrogen-bond acceptors (Lipinski definition) is 5. The Labute approximate surface area is 234 Å². The fraction of sp³-hybridized carbons (Fsp3) is 0.483. The number of halogens is 1. The van der Waals surface area contributed by atoms with E-state index in [-0.39, 0.29) is 24.0 Å². The van der Waals surface area contributed by atoms with Gasteiger partial charge in [-0.1, -0.05) is 40.2 Å². The highest BCUT2D eigenvalue weighted by Gasteiger charge is 2.28. The lowest BCUT2D eigenvalue weighted by Crippen LogP contribution is -2.51. The molecular formula is C29H39BrN4O4. The zero-order chi connectivity index (χ0) is 27.5. The van der Waals surface area contributed by atoms with Crippen molar-refractivity contribution in [1.82, 2.24) is 15.5 Å². The lowest BCUT2D eigenvalue weighted by molar-refractivity contribution is -0.140. The molecule has 3 N–H and O–H groups in total. The maximum Gasteiger partial charge on any atom is 0.319 e. The van der Waals surface area contributed by atoms with Crippen LogP contribution >= 0.6 is 15.9 Å². The summed E-state index contributed by atoms with van der Waals surface area (Å²) >= 11 is 3.39. The Morgan fingerprint density at radius 1 is 1.05 bits per heavy atom. The lowest BCUT2D eigenvalue weighted by atomic mass is 9.86. The summed E-state index contributed by atoms with van der Waals surface area (Å²) in [6, 6.07) is 14.8. The minimum absolute atomic E-state index is 0.0530. The second-order valence-corrected chi connectivity index (χ2v) is 10.8. The van der Waals surface area contributed by atoms with Crippen molar-refractivity contribution in [2.45, 2.75) is 70.5 Å². The van der Waals surface area contributed by atoms with Gasteiger partial charge in [-0.25, -0.2) is 4.79 Å². The summed E-state index contributed by atoms with van der Waals surface area (Å²) in [5.41, 5.74) is 3.29. The third kappa shape index (κ3) is 9.13. The molecule has 0 spiro atoms. The second-order valence-electron chi connectivity index (χ2n) is 9.93. The number of carbonyl (C=O) groups is 3. The predicted molar refractivity (Wildman–Crippen MR) is 153 cm³/mol. The lowest BCUT2D eigenvalue weighted by Gasteiger charge is -2.36. The van der Waals surface area contributed by atoms with E-state index < -0.39 is 12.1 Å². The molecule has 0 saturated heterocycles. The molecule has 1 aliphatic carbocycles. The molecule has 0 heterocycles. The highest BCUT2D eigenvalue weighted by Crippen LogP contribution is 2.34. The van der Waals surface area contributed by atoms with Crippen molar-refractivity contribution in [3.05, 3.63) is 64.1 Å². The topological polar surface area (TPSA) is 99.8 Å². The first-order valence-electron chi connectivity index (χ1n) is 13.3. The molecule has 3 amide bonds. The van der Waals surface area contributed by atoms with Gasteiger partial charge in [0.25, 0.3) is 0 Å². The number of anilines is 1. The van der Waals surface area contributed by atoms with E-state index in [1.807, 2.05) is 26.0 Å². The van der Waals surface area contributed by atoms with E-state index in [2.05, 4.69) is 61.0 Å². The van der Waals surface area contributed by atoms with Gasteiger partial charge in [0.1, 0.15) is 6.04 Å². The maximum absolute atomic E-state index is 13.1. The first kappa shape index (κ1) is 29.6. The Morgan fingerprint density at radius 2 is 1.79 bits per heavy atom. The molecule has 38 heavy (non-hydrogen) atoms. The molecule has 8 nitrogen and oxygen atoms in total. The number of benzene rings is 2. The van der Waals surface area contributed by atoms with Gasteiger partial charge in [0.15, 0.2) is 0 Å². The largest absolute Gasteiger partial charge is 0.469 e.